The second-order valence-electron chi connectivity index (χ2n) is 8.44. The highest BCUT2D eigenvalue weighted by molar-refractivity contribution is 7.88. The van der Waals surface area contributed by atoms with Crippen LogP contribution in [0, 0.1) is 0 Å². The summed E-state index contributed by atoms with van der Waals surface area (Å²) in [4.78, 5) is 15.8. The van der Waals surface area contributed by atoms with Crippen molar-refractivity contribution in [2.24, 2.45) is 0 Å². The monoisotopic (exact) mass is 423 g/mol. The summed E-state index contributed by atoms with van der Waals surface area (Å²) in [5.41, 5.74) is 1.39. The fourth-order valence-corrected chi connectivity index (χ4v) is 5.31. The van der Waals surface area contributed by atoms with Crippen LogP contribution in [0.15, 0.2) is 30.3 Å². The molecule has 1 saturated heterocycles. The van der Waals surface area contributed by atoms with E-state index in [0.29, 0.717) is 25.5 Å². The SMILES string of the molecule is CN(C)C(=O)N1CC[C@H](NS(C)(=O)=O)[C@@H]1CO[C@H]1CC[C@@H](c2ccccc2)CC1. The van der Waals surface area contributed by atoms with Gasteiger partial charge in [-0.25, -0.2) is 17.9 Å². The predicted molar refractivity (Wildman–Crippen MR) is 113 cm³/mol. The maximum absolute atomic E-state index is 12.5. The summed E-state index contributed by atoms with van der Waals surface area (Å²) in [5.74, 6) is 0.578. The number of carbonyl (C=O) groups excluding carboxylic acids is 1. The first kappa shape index (κ1) is 22.1. The first-order valence-corrected chi connectivity index (χ1v) is 12.3. The summed E-state index contributed by atoms with van der Waals surface area (Å²) in [6, 6.07) is 9.89. The molecule has 1 heterocycles. The van der Waals surface area contributed by atoms with Crippen LogP contribution in [0.1, 0.15) is 43.6 Å². The number of ether oxygens (including phenoxy) is 1. The number of sulfonamides is 1. The number of hydrogen-bond acceptors (Lipinski definition) is 4. The van der Waals surface area contributed by atoms with Crippen molar-refractivity contribution in [2.75, 3.05) is 33.5 Å². The van der Waals surface area contributed by atoms with Crippen molar-refractivity contribution in [3.8, 4) is 0 Å². The molecule has 2 atom stereocenters. The van der Waals surface area contributed by atoms with E-state index in [1.807, 2.05) is 6.07 Å². The first-order chi connectivity index (χ1) is 13.7. The summed E-state index contributed by atoms with van der Waals surface area (Å²) in [6.45, 7) is 0.881. The lowest BCUT2D eigenvalue weighted by Crippen LogP contribution is -2.51. The van der Waals surface area contributed by atoms with Crippen LogP contribution in [0.4, 0.5) is 4.79 Å². The molecular weight excluding hydrogens is 390 g/mol. The zero-order chi connectivity index (χ0) is 21.0. The van der Waals surface area contributed by atoms with Gasteiger partial charge in [-0.2, -0.15) is 0 Å². The highest BCUT2D eigenvalue weighted by Gasteiger charge is 2.39. The predicted octanol–water partition coefficient (Wildman–Crippen LogP) is 2.40. The highest BCUT2D eigenvalue weighted by Crippen LogP contribution is 2.34. The third kappa shape index (κ3) is 5.93. The van der Waals surface area contributed by atoms with Gasteiger partial charge in [-0.1, -0.05) is 30.3 Å². The van der Waals surface area contributed by atoms with Gasteiger partial charge >= 0.3 is 6.03 Å². The fraction of sp³-hybridized carbons (Fsp3) is 0.667. The molecule has 1 aromatic rings. The lowest BCUT2D eigenvalue weighted by molar-refractivity contribution is -0.00207. The second-order valence-corrected chi connectivity index (χ2v) is 10.2. The van der Waals surface area contributed by atoms with Gasteiger partial charge in [0.1, 0.15) is 0 Å². The van der Waals surface area contributed by atoms with Crippen molar-refractivity contribution in [1.82, 2.24) is 14.5 Å². The standard InChI is InChI=1S/C21H33N3O4S/c1-23(2)21(25)24-14-13-19(22-29(3,26)27)20(24)15-28-18-11-9-17(10-12-18)16-7-5-4-6-8-16/h4-8,17-20,22H,9-15H2,1-3H3/t17-,18+,19-,20-/m0/s1. The Hall–Kier alpha value is -1.64. The minimum absolute atomic E-state index is 0.107. The summed E-state index contributed by atoms with van der Waals surface area (Å²) in [7, 11) is 0.0734. The fourth-order valence-electron chi connectivity index (χ4n) is 4.49. The van der Waals surface area contributed by atoms with Crippen LogP contribution < -0.4 is 4.72 Å². The van der Waals surface area contributed by atoms with Crippen molar-refractivity contribution in [3.63, 3.8) is 0 Å². The topological polar surface area (TPSA) is 79.0 Å². The van der Waals surface area contributed by atoms with Crippen molar-refractivity contribution in [3.05, 3.63) is 35.9 Å². The van der Waals surface area contributed by atoms with Crippen LogP contribution >= 0.6 is 0 Å². The van der Waals surface area contributed by atoms with E-state index in [1.165, 1.54) is 10.5 Å². The van der Waals surface area contributed by atoms with Gasteiger partial charge in [0.05, 0.1) is 25.0 Å². The van der Waals surface area contributed by atoms with Crippen LogP contribution in [0.2, 0.25) is 0 Å². The third-order valence-corrected chi connectivity index (χ3v) is 6.72. The Morgan fingerprint density at radius 1 is 1.14 bits per heavy atom. The van der Waals surface area contributed by atoms with Crippen LogP contribution in [0.25, 0.3) is 0 Å². The number of hydrogen-bond donors (Lipinski definition) is 1. The zero-order valence-corrected chi connectivity index (χ0v) is 18.4. The average Bonchev–Trinajstić information content (AvgIpc) is 3.07. The molecule has 2 amide bonds. The van der Waals surface area contributed by atoms with Gasteiger partial charge in [-0.05, 0) is 43.6 Å². The molecule has 0 aromatic heterocycles. The quantitative estimate of drug-likeness (QED) is 0.762. The highest BCUT2D eigenvalue weighted by atomic mass is 32.2. The number of rotatable bonds is 6. The summed E-state index contributed by atoms with van der Waals surface area (Å²) in [5, 5.41) is 0. The third-order valence-electron chi connectivity index (χ3n) is 5.99. The first-order valence-electron chi connectivity index (χ1n) is 10.4. The Kier molecular flexibility index (Phi) is 7.19. The second kappa shape index (κ2) is 9.45. The lowest BCUT2D eigenvalue weighted by atomic mass is 9.83. The van der Waals surface area contributed by atoms with Crippen LogP contribution in [0.5, 0.6) is 0 Å². The van der Waals surface area contributed by atoms with Gasteiger partial charge in [0.25, 0.3) is 0 Å². The molecule has 1 saturated carbocycles. The van der Waals surface area contributed by atoms with Gasteiger partial charge in [0.2, 0.25) is 10.0 Å². The number of carbonyl (C=O) groups is 1. The summed E-state index contributed by atoms with van der Waals surface area (Å²) >= 11 is 0. The van der Waals surface area contributed by atoms with Crippen molar-refractivity contribution in [2.45, 2.75) is 56.2 Å². The molecule has 3 rings (SSSR count). The number of amides is 2. The van der Waals surface area contributed by atoms with E-state index < -0.39 is 10.0 Å². The van der Waals surface area contributed by atoms with Gasteiger partial charge in [-0.3, -0.25) is 0 Å². The van der Waals surface area contributed by atoms with Crippen molar-refractivity contribution in [1.29, 1.82) is 0 Å². The molecule has 0 unspecified atom stereocenters. The van der Waals surface area contributed by atoms with E-state index in [1.54, 1.807) is 19.0 Å². The molecule has 1 N–H and O–H groups in total. The number of nitrogens with zero attached hydrogens (tertiary/aromatic N) is 2. The molecule has 2 aliphatic rings. The molecule has 1 aromatic carbocycles. The molecule has 8 heteroatoms. The Bertz CT molecular complexity index is 776. The van der Waals surface area contributed by atoms with E-state index in [9.17, 15) is 13.2 Å². The molecule has 0 spiro atoms. The molecule has 2 fully saturated rings. The zero-order valence-electron chi connectivity index (χ0n) is 17.6. The summed E-state index contributed by atoms with van der Waals surface area (Å²) < 4.78 is 32.4. The summed E-state index contributed by atoms with van der Waals surface area (Å²) in [6.07, 6.45) is 6.06. The molecular formula is C21H33N3O4S. The molecule has 1 aliphatic carbocycles. The van der Waals surface area contributed by atoms with E-state index in [4.69, 9.17) is 4.74 Å². The maximum Gasteiger partial charge on any atom is 0.319 e. The van der Waals surface area contributed by atoms with Gasteiger partial charge in [0.15, 0.2) is 0 Å². The molecule has 29 heavy (non-hydrogen) atoms. The van der Waals surface area contributed by atoms with E-state index in [-0.39, 0.29) is 24.2 Å². The molecule has 7 nitrogen and oxygen atoms in total. The van der Waals surface area contributed by atoms with Crippen LogP contribution in [0.3, 0.4) is 0 Å². The van der Waals surface area contributed by atoms with Crippen molar-refractivity contribution >= 4 is 16.1 Å². The number of urea groups is 1. The molecule has 0 radical (unpaired) electrons. The van der Waals surface area contributed by atoms with E-state index >= 15 is 0 Å². The van der Waals surface area contributed by atoms with Gasteiger partial charge in [0, 0.05) is 26.7 Å². The van der Waals surface area contributed by atoms with Crippen molar-refractivity contribution < 1.29 is 17.9 Å². The number of likely N-dealkylation sites (tertiary alicyclic amines) is 1. The van der Waals surface area contributed by atoms with Gasteiger partial charge < -0.3 is 14.5 Å². The average molecular weight is 424 g/mol. The van der Waals surface area contributed by atoms with Crippen LogP contribution in [-0.4, -0.2) is 75.9 Å². The number of nitrogens with one attached hydrogen (secondary N) is 1. The normalized spacial score (nSPS) is 27.8. The molecule has 0 bridgehead atoms. The maximum atomic E-state index is 12.5. The van der Waals surface area contributed by atoms with Crippen LogP contribution in [-0.2, 0) is 14.8 Å². The largest absolute Gasteiger partial charge is 0.376 e. The Balaban J connectivity index is 1.58. The lowest BCUT2D eigenvalue weighted by Gasteiger charge is -2.33. The Morgan fingerprint density at radius 3 is 2.38 bits per heavy atom. The van der Waals surface area contributed by atoms with E-state index in [2.05, 4.69) is 29.0 Å². The molecule has 162 valence electrons. The number of benzene rings is 1. The minimum Gasteiger partial charge on any atom is -0.376 e. The Labute approximate surface area is 174 Å². The van der Waals surface area contributed by atoms with E-state index in [0.717, 1.165) is 31.9 Å². The molecule has 1 aliphatic heterocycles. The van der Waals surface area contributed by atoms with Gasteiger partial charge in [-0.15, -0.1) is 0 Å². The minimum atomic E-state index is -3.35. The smallest absolute Gasteiger partial charge is 0.319 e. The Morgan fingerprint density at radius 2 is 1.79 bits per heavy atom.